The number of benzene rings is 1. The van der Waals surface area contributed by atoms with Crippen LogP contribution in [0, 0.1) is 0 Å². The molecule has 0 radical (unpaired) electrons. The van der Waals surface area contributed by atoms with E-state index in [1.807, 2.05) is 6.92 Å². The molecule has 1 amide bonds. The third kappa shape index (κ3) is 6.18. The van der Waals surface area contributed by atoms with Crippen molar-refractivity contribution in [2.24, 2.45) is 0 Å². The lowest BCUT2D eigenvalue weighted by Gasteiger charge is -2.21. The molecule has 0 fully saturated rings. The van der Waals surface area contributed by atoms with Gasteiger partial charge in [0.2, 0.25) is 0 Å². The number of carbonyl (C=O) groups is 2. The molecule has 0 spiro atoms. The zero-order chi connectivity index (χ0) is 28.1. The van der Waals surface area contributed by atoms with Crippen molar-refractivity contribution < 1.29 is 14.3 Å². The molecular formula is C27H26Cl2N6O4. The molecule has 1 atom stereocenters. The summed E-state index contributed by atoms with van der Waals surface area (Å²) in [6.07, 6.45) is 5.75. The molecule has 4 aromatic rings. The predicted molar refractivity (Wildman–Crippen MR) is 148 cm³/mol. The number of nitrogens with zero attached hydrogens (tertiary/aromatic N) is 5. The maximum atomic E-state index is 13.5. The number of hydrogen-bond acceptors (Lipinski definition) is 7. The first-order valence-corrected chi connectivity index (χ1v) is 12.9. The van der Waals surface area contributed by atoms with Gasteiger partial charge in [-0.05, 0) is 36.2 Å². The fraction of sp³-hybridized carbons (Fsp3) is 0.259. The summed E-state index contributed by atoms with van der Waals surface area (Å²) >= 11 is 12.3. The molecule has 39 heavy (non-hydrogen) atoms. The third-order valence-electron chi connectivity index (χ3n) is 6.16. The molecule has 202 valence electrons. The van der Waals surface area contributed by atoms with Crippen molar-refractivity contribution in [2.45, 2.75) is 32.2 Å². The fourth-order valence-electron chi connectivity index (χ4n) is 4.27. The van der Waals surface area contributed by atoms with Gasteiger partial charge in [0.1, 0.15) is 11.4 Å². The number of ether oxygens (including phenoxy) is 1. The Hall–Kier alpha value is -4.02. The summed E-state index contributed by atoms with van der Waals surface area (Å²) in [5.41, 5.74) is 2.14. The Labute approximate surface area is 234 Å². The van der Waals surface area contributed by atoms with Crippen molar-refractivity contribution in [3.63, 3.8) is 0 Å². The SMILES string of the molecule is CCCC(C(=O)Cc1ccc(C(=O)NC)nc1)n1cc(OC)c(-c2cc(Cl)ccc2-n2cc(Cl)nn2)cc1=O. The quantitative estimate of drug-likeness (QED) is 0.302. The van der Waals surface area contributed by atoms with E-state index >= 15 is 0 Å². The smallest absolute Gasteiger partial charge is 0.269 e. The highest BCUT2D eigenvalue weighted by molar-refractivity contribution is 6.31. The number of halogens is 2. The Kier molecular flexibility index (Phi) is 8.78. The second-order valence-corrected chi connectivity index (χ2v) is 9.55. The number of amides is 1. The van der Waals surface area contributed by atoms with Crippen molar-refractivity contribution in [3.8, 4) is 22.6 Å². The maximum Gasteiger partial charge on any atom is 0.269 e. The maximum absolute atomic E-state index is 13.5. The number of hydrogen-bond donors (Lipinski definition) is 1. The highest BCUT2D eigenvalue weighted by Crippen LogP contribution is 2.35. The molecule has 3 heterocycles. The van der Waals surface area contributed by atoms with Crippen molar-refractivity contribution >= 4 is 34.9 Å². The van der Waals surface area contributed by atoms with Gasteiger partial charge in [-0.1, -0.05) is 47.8 Å². The molecule has 12 heteroatoms. The van der Waals surface area contributed by atoms with E-state index in [9.17, 15) is 14.4 Å². The van der Waals surface area contributed by atoms with Crippen LogP contribution in [-0.4, -0.2) is 50.4 Å². The van der Waals surface area contributed by atoms with Crippen LogP contribution < -0.4 is 15.6 Å². The molecule has 3 aromatic heterocycles. The average Bonchev–Trinajstić information content (AvgIpc) is 3.37. The van der Waals surface area contributed by atoms with Crippen LogP contribution in [0.15, 0.2) is 59.8 Å². The molecule has 1 N–H and O–H groups in total. The first-order valence-electron chi connectivity index (χ1n) is 12.1. The molecule has 10 nitrogen and oxygen atoms in total. The zero-order valence-electron chi connectivity index (χ0n) is 21.5. The second-order valence-electron chi connectivity index (χ2n) is 8.73. The minimum Gasteiger partial charge on any atom is -0.495 e. The van der Waals surface area contributed by atoms with E-state index in [-0.39, 0.29) is 34.5 Å². The van der Waals surface area contributed by atoms with Crippen molar-refractivity contribution in [1.82, 2.24) is 29.9 Å². The average molecular weight is 569 g/mol. The number of nitrogens with one attached hydrogen (secondary N) is 1. The highest BCUT2D eigenvalue weighted by Gasteiger charge is 2.24. The van der Waals surface area contributed by atoms with Crippen LogP contribution in [0.25, 0.3) is 16.8 Å². The van der Waals surface area contributed by atoms with E-state index in [1.54, 1.807) is 36.5 Å². The minimum atomic E-state index is -0.725. The summed E-state index contributed by atoms with van der Waals surface area (Å²) in [6.45, 7) is 1.94. The van der Waals surface area contributed by atoms with Gasteiger partial charge in [0, 0.05) is 41.9 Å². The lowest BCUT2D eigenvalue weighted by molar-refractivity contribution is -0.121. The summed E-state index contributed by atoms with van der Waals surface area (Å²) in [4.78, 5) is 42.8. The number of ketones is 1. The topological polar surface area (TPSA) is 121 Å². The van der Waals surface area contributed by atoms with Crippen LogP contribution in [0.2, 0.25) is 10.2 Å². The van der Waals surface area contributed by atoms with Gasteiger partial charge in [0.25, 0.3) is 11.5 Å². The molecule has 0 aliphatic rings. The molecule has 0 bridgehead atoms. The number of carbonyl (C=O) groups excluding carboxylic acids is 2. The Morgan fingerprint density at radius 2 is 1.90 bits per heavy atom. The molecule has 0 saturated heterocycles. The third-order valence-corrected chi connectivity index (χ3v) is 6.57. The largest absolute Gasteiger partial charge is 0.495 e. The van der Waals surface area contributed by atoms with Gasteiger partial charge in [0.05, 0.1) is 31.2 Å². The molecule has 0 aliphatic heterocycles. The summed E-state index contributed by atoms with van der Waals surface area (Å²) in [5.74, 6) is -0.107. The monoisotopic (exact) mass is 568 g/mol. The van der Waals surface area contributed by atoms with E-state index in [0.717, 1.165) is 0 Å². The zero-order valence-corrected chi connectivity index (χ0v) is 23.0. The van der Waals surface area contributed by atoms with E-state index < -0.39 is 6.04 Å². The predicted octanol–water partition coefficient (Wildman–Crippen LogP) is 4.32. The van der Waals surface area contributed by atoms with Gasteiger partial charge in [-0.15, -0.1) is 5.10 Å². The van der Waals surface area contributed by atoms with Gasteiger partial charge in [0.15, 0.2) is 10.9 Å². The first kappa shape index (κ1) is 28.0. The Balaban J connectivity index is 1.72. The highest BCUT2D eigenvalue weighted by atomic mass is 35.5. The van der Waals surface area contributed by atoms with E-state index in [0.29, 0.717) is 46.0 Å². The van der Waals surface area contributed by atoms with Crippen molar-refractivity contribution in [2.75, 3.05) is 14.2 Å². The Bertz CT molecular complexity index is 1570. The van der Waals surface area contributed by atoms with Gasteiger partial charge in [-0.3, -0.25) is 19.4 Å². The van der Waals surface area contributed by atoms with Gasteiger partial charge >= 0.3 is 0 Å². The van der Waals surface area contributed by atoms with Gasteiger partial charge < -0.3 is 14.6 Å². The van der Waals surface area contributed by atoms with E-state index in [4.69, 9.17) is 27.9 Å². The number of aromatic nitrogens is 5. The summed E-state index contributed by atoms with van der Waals surface area (Å²) in [5, 5.41) is 11.0. The number of Topliss-reactive ketones (excluding diaryl/α,β-unsaturated/α-hetero) is 1. The molecule has 0 saturated carbocycles. The molecule has 1 unspecified atom stereocenters. The van der Waals surface area contributed by atoms with Crippen molar-refractivity contribution in [3.05, 3.63) is 86.8 Å². The van der Waals surface area contributed by atoms with Gasteiger partial charge in [-0.25, -0.2) is 4.68 Å². The van der Waals surface area contributed by atoms with Crippen LogP contribution in [-0.2, 0) is 11.2 Å². The first-order chi connectivity index (χ1) is 18.7. The molecule has 1 aromatic carbocycles. The van der Waals surface area contributed by atoms with Gasteiger partial charge in [-0.2, -0.15) is 0 Å². The fourth-order valence-corrected chi connectivity index (χ4v) is 4.57. The molecule has 0 aliphatic carbocycles. The van der Waals surface area contributed by atoms with Crippen LogP contribution >= 0.6 is 23.2 Å². The van der Waals surface area contributed by atoms with E-state index in [1.165, 1.54) is 41.9 Å². The number of pyridine rings is 2. The summed E-state index contributed by atoms with van der Waals surface area (Å²) < 4.78 is 8.55. The van der Waals surface area contributed by atoms with Crippen LogP contribution in [0.1, 0.15) is 41.9 Å². The summed E-state index contributed by atoms with van der Waals surface area (Å²) in [7, 11) is 3.01. The van der Waals surface area contributed by atoms with Crippen molar-refractivity contribution in [1.29, 1.82) is 0 Å². The number of methoxy groups -OCH3 is 1. The lowest BCUT2D eigenvalue weighted by Crippen LogP contribution is -2.30. The van der Waals surface area contributed by atoms with E-state index in [2.05, 4.69) is 20.6 Å². The minimum absolute atomic E-state index is 0.0493. The standard InChI is InChI=1S/C27H26Cl2N6O4/c1-4-5-22(23(36)10-16-6-8-20(31-13-16)27(38)30-2)34-14-24(39-3)19(12-26(34)37)18-11-17(28)7-9-21(18)35-15-25(29)32-33-35/h6-9,11-15,22H,4-5,10H2,1-3H3,(H,30,38). The Morgan fingerprint density at radius 3 is 2.51 bits per heavy atom. The number of rotatable bonds is 10. The van der Waals surface area contributed by atoms with Crippen LogP contribution in [0.4, 0.5) is 0 Å². The molecular weight excluding hydrogens is 543 g/mol. The molecule has 4 rings (SSSR count). The second kappa shape index (κ2) is 12.2. The van der Waals surface area contributed by atoms with Crippen LogP contribution in [0.3, 0.4) is 0 Å². The Morgan fingerprint density at radius 1 is 1.10 bits per heavy atom. The summed E-state index contributed by atoms with van der Waals surface area (Å²) in [6, 6.07) is 9.06. The van der Waals surface area contributed by atoms with Crippen LogP contribution in [0.5, 0.6) is 5.75 Å². The normalized spacial score (nSPS) is 11.7. The lowest BCUT2D eigenvalue weighted by atomic mass is 9.99.